The highest BCUT2D eigenvalue weighted by molar-refractivity contribution is 5.27. The highest BCUT2D eigenvalue weighted by Gasteiger charge is 2.58. The molecule has 0 saturated carbocycles. The summed E-state index contributed by atoms with van der Waals surface area (Å²) in [6.07, 6.45) is -4.95. The molecule has 1 aliphatic heterocycles. The summed E-state index contributed by atoms with van der Waals surface area (Å²) in [5.74, 6) is -4.80. The van der Waals surface area contributed by atoms with Gasteiger partial charge in [0.2, 0.25) is 0 Å². The number of epoxide rings is 1. The van der Waals surface area contributed by atoms with Crippen LogP contribution in [0.5, 0.6) is 0 Å². The van der Waals surface area contributed by atoms with Gasteiger partial charge in [0.25, 0.3) is 0 Å². The Morgan fingerprint density at radius 3 is 2.00 bits per heavy atom. The first-order valence-corrected chi connectivity index (χ1v) is 4.96. The lowest BCUT2D eigenvalue weighted by atomic mass is 10.0. The van der Waals surface area contributed by atoms with Gasteiger partial charge in [-0.3, -0.25) is 0 Å². The van der Waals surface area contributed by atoms with Gasteiger partial charge in [-0.15, -0.1) is 0 Å². The number of alkyl halides is 5. The van der Waals surface area contributed by atoms with Crippen molar-refractivity contribution in [1.29, 1.82) is 0 Å². The van der Waals surface area contributed by atoms with Crippen LogP contribution in [0.25, 0.3) is 0 Å². The number of hydrogen-bond donors (Lipinski definition) is 0. The summed E-state index contributed by atoms with van der Waals surface area (Å²) >= 11 is 0. The molecule has 0 bridgehead atoms. The van der Waals surface area contributed by atoms with Crippen molar-refractivity contribution in [3.63, 3.8) is 0 Å². The number of benzene rings is 1. The van der Waals surface area contributed by atoms with Crippen molar-refractivity contribution in [2.24, 2.45) is 0 Å². The molecule has 1 aliphatic rings. The van der Waals surface area contributed by atoms with Crippen LogP contribution in [0.1, 0.15) is 11.1 Å². The van der Waals surface area contributed by atoms with Crippen molar-refractivity contribution in [3.05, 3.63) is 35.4 Å². The molecule has 0 spiro atoms. The van der Waals surface area contributed by atoms with E-state index < -0.39 is 17.7 Å². The van der Waals surface area contributed by atoms with E-state index in [0.29, 0.717) is 18.6 Å². The molecule has 1 aromatic rings. The first-order valence-electron chi connectivity index (χ1n) is 4.96. The number of halogens is 5. The first kappa shape index (κ1) is 12.3. The summed E-state index contributed by atoms with van der Waals surface area (Å²) in [5.41, 5.74) is -0.348. The quantitative estimate of drug-likeness (QED) is 0.594. The summed E-state index contributed by atoms with van der Waals surface area (Å²) in [7, 11) is 0. The molecular formula is C11H9F5O. The van der Waals surface area contributed by atoms with Crippen molar-refractivity contribution < 1.29 is 26.7 Å². The van der Waals surface area contributed by atoms with Crippen molar-refractivity contribution >= 4 is 0 Å². The summed E-state index contributed by atoms with van der Waals surface area (Å²) in [6.45, 7) is 0.612. The largest absolute Gasteiger partial charge is 0.458 e. The maximum Gasteiger partial charge on any atom is 0.458 e. The summed E-state index contributed by atoms with van der Waals surface area (Å²) in [4.78, 5) is 0. The molecule has 0 N–H and O–H groups in total. The second-order valence-electron chi connectivity index (χ2n) is 3.93. The van der Waals surface area contributed by atoms with Crippen LogP contribution in [0, 0.1) is 0 Å². The molecule has 1 nitrogen and oxygen atoms in total. The maximum absolute atomic E-state index is 12.9. The smallest absolute Gasteiger partial charge is 0.373 e. The normalized spacial score (nSPS) is 20.4. The Morgan fingerprint density at radius 1 is 1.06 bits per heavy atom. The number of hydrogen-bond acceptors (Lipinski definition) is 1. The van der Waals surface area contributed by atoms with E-state index in [0.717, 1.165) is 12.1 Å². The summed E-state index contributed by atoms with van der Waals surface area (Å²) in [6, 6.07) is 4.17. The Kier molecular flexibility index (Phi) is 2.85. The van der Waals surface area contributed by atoms with Gasteiger partial charge in [-0.2, -0.15) is 22.0 Å². The average molecular weight is 252 g/mol. The Balaban J connectivity index is 2.16. The zero-order valence-corrected chi connectivity index (χ0v) is 8.60. The fourth-order valence-electron chi connectivity index (χ4n) is 1.46. The minimum absolute atomic E-state index is 0.0731. The maximum atomic E-state index is 12.9. The first-order chi connectivity index (χ1) is 7.80. The van der Waals surface area contributed by atoms with Crippen molar-refractivity contribution in [3.8, 4) is 0 Å². The van der Waals surface area contributed by atoms with Crippen LogP contribution in [0.2, 0.25) is 0 Å². The third-order valence-electron chi connectivity index (χ3n) is 2.54. The van der Waals surface area contributed by atoms with Crippen LogP contribution in [0.15, 0.2) is 24.3 Å². The van der Waals surface area contributed by atoms with Gasteiger partial charge >= 0.3 is 12.1 Å². The van der Waals surface area contributed by atoms with Gasteiger partial charge in [0.15, 0.2) is 0 Å². The Bertz CT molecular complexity index is 391. The summed E-state index contributed by atoms with van der Waals surface area (Å²) in [5, 5.41) is 0. The topological polar surface area (TPSA) is 12.5 Å². The Labute approximate surface area is 94.2 Å². The van der Waals surface area contributed by atoms with Gasteiger partial charge in [-0.25, -0.2) is 0 Å². The molecule has 1 unspecified atom stereocenters. The van der Waals surface area contributed by atoms with Crippen LogP contribution in [-0.4, -0.2) is 18.9 Å². The van der Waals surface area contributed by atoms with Crippen LogP contribution in [0.3, 0.4) is 0 Å². The molecule has 6 heteroatoms. The standard InChI is InChI=1S/C11H9F5O/c12-10(13,11(14,15)16)8-3-1-7(2-4-8)5-9-6-17-9/h1-4,9H,5-6H2. The molecule has 1 saturated heterocycles. The van der Waals surface area contributed by atoms with Crippen LogP contribution in [0.4, 0.5) is 22.0 Å². The van der Waals surface area contributed by atoms with Gasteiger partial charge < -0.3 is 4.74 Å². The molecule has 1 heterocycles. The lowest BCUT2D eigenvalue weighted by Gasteiger charge is -2.19. The van der Waals surface area contributed by atoms with E-state index in [1.165, 1.54) is 12.1 Å². The minimum atomic E-state index is -5.56. The van der Waals surface area contributed by atoms with Crippen LogP contribution < -0.4 is 0 Å². The monoisotopic (exact) mass is 252 g/mol. The molecule has 0 aliphatic carbocycles. The second-order valence-corrected chi connectivity index (χ2v) is 3.93. The van der Waals surface area contributed by atoms with Gasteiger partial charge in [0, 0.05) is 12.0 Å². The molecule has 0 radical (unpaired) electrons. The lowest BCUT2D eigenvalue weighted by Crippen LogP contribution is -2.33. The van der Waals surface area contributed by atoms with Gasteiger partial charge in [0.05, 0.1) is 12.7 Å². The predicted octanol–water partition coefficient (Wildman–Crippen LogP) is 3.28. The SMILES string of the molecule is FC(F)(F)C(F)(F)c1ccc(CC2CO2)cc1. The fourth-order valence-corrected chi connectivity index (χ4v) is 1.46. The molecule has 1 atom stereocenters. The van der Waals surface area contributed by atoms with Gasteiger partial charge in [0.1, 0.15) is 0 Å². The fraction of sp³-hybridized carbons (Fsp3) is 0.455. The third-order valence-corrected chi connectivity index (χ3v) is 2.54. The Hall–Kier alpha value is -1.17. The number of ether oxygens (including phenoxy) is 1. The lowest BCUT2D eigenvalue weighted by molar-refractivity contribution is -0.289. The van der Waals surface area contributed by atoms with E-state index in [4.69, 9.17) is 4.74 Å². The van der Waals surface area contributed by atoms with Crippen molar-refractivity contribution in [1.82, 2.24) is 0 Å². The van der Waals surface area contributed by atoms with E-state index in [1.54, 1.807) is 0 Å². The van der Waals surface area contributed by atoms with Crippen LogP contribution in [-0.2, 0) is 17.1 Å². The van der Waals surface area contributed by atoms with E-state index in [1.807, 2.05) is 0 Å². The van der Waals surface area contributed by atoms with Gasteiger partial charge in [-0.1, -0.05) is 24.3 Å². The van der Waals surface area contributed by atoms with Gasteiger partial charge in [-0.05, 0) is 5.56 Å². The average Bonchev–Trinajstić information content (AvgIpc) is 3.01. The Morgan fingerprint density at radius 2 is 1.59 bits per heavy atom. The van der Waals surface area contributed by atoms with E-state index in [9.17, 15) is 22.0 Å². The zero-order valence-electron chi connectivity index (χ0n) is 8.60. The van der Waals surface area contributed by atoms with E-state index >= 15 is 0 Å². The third kappa shape index (κ3) is 2.57. The molecule has 17 heavy (non-hydrogen) atoms. The highest BCUT2D eigenvalue weighted by Crippen LogP contribution is 2.43. The molecule has 1 aromatic carbocycles. The molecule has 94 valence electrons. The van der Waals surface area contributed by atoms with E-state index in [-0.39, 0.29) is 6.10 Å². The molecule has 2 rings (SSSR count). The molecule has 0 amide bonds. The molecule has 0 aromatic heterocycles. The van der Waals surface area contributed by atoms with Crippen LogP contribution >= 0.6 is 0 Å². The van der Waals surface area contributed by atoms with Crippen molar-refractivity contribution in [2.45, 2.75) is 24.6 Å². The van der Waals surface area contributed by atoms with Crippen molar-refractivity contribution in [2.75, 3.05) is 6.61 Å². The summed E-state index contributed by atoms with van der Waals surface area (Å²) < 4.78 is 67.0. The minimum Gasteiger partial charge on any atom is -0.373 e. The highest BCUT2D eigenvalue weighted by atomic mass is 19.4. The number of rotatable bonds is 3. The molecule has 1 fully saturated rings. The molecular weight excluding hydrogens is 243 g/mol. The predicted molar refractivity (Wildman–Crippen MR) is 49.8 cm³/mol. The zero-order chi connectivity index (χ0) is 12.7. The second kappa shape index (κ2) is 3.94. The van der Waals surface area contributed by atoms with E-state index in [2.05, 4.69) is 0 Å².